The Labute approximate surface area is 60.8 Å². The Bertz CT molecular complexity index is 106. The highest BCUT2D eigenvalue weighted by atomic mass is 31.1. The zero-order valence-corrected chi connectivity index (χ0v) is 6.75. The minimum atomic E-state index is -2.66. The van der Waals surface area contributed by atoms with Crippen molar-refractivity contribution in [2.45, 2.75) is 32.5 Å². The fourth-order valence-corrected chi connectivity index (χ4v) is 0.849. The predicted molar refractivity (Wildman–Crippen MR) is 36.4 cm³/mol. The molecule has 0 saturated heterocycles. The van der Waals surface area contributed by atoms with Gasteiger partial charge in [-0.25, -0.2) is 0 Å². The van der Waals surface area contributed by atoms with Crippen LogP contribution in [-0.4, -0.2) is 16.3 Å². The first-order chi connectivity index (χ1) is 4.66. The van der Waals surface area contributed by atoms with Gasteiger partial charge in [-0.05, 0) is 6.42 Å². The molecule has 0 fully saturated rings. The van der Waals surface area contributed by atoms with Crippen molar-refractivity contribution in [2.75, 3.05) is 0 Å². The van der Waals surface area contributed by atoms with Crippen LogP contribution in [0.2, 0.25) is 0 Å². The number of unbranched alkanes of at least 4 members (excludes halogenated alkanes) is 1. The second-order valence-electron chi connectivity index (χ2n) is 1.94. The fourth-order valence-electron chi connectivity index (χ4n) is 0.536. The Kier molecular flexibility index (Phi) is 5.73. The summed E-state index contributed by atoms with van der Waals surface area (Å²) in [6.45, 7) is 1.96. The summed E-state index contributed by atoms with van der Waals surface area (Å²) in [5, 5.41) is 8.78. The molecule has 0 aliphatic heterocycles. The summed E-state index contributed by atoms with van der Waals surface area (Å²) < 4.78 is 14.1. The van der Waals surface area contributed by atoms with Crippen molar-refractivity contribution < 1.29 is 19.1 Å². The molecule has 5 heteroatoms. The van der Waals surface area contributed by atoms with Crippen LogP contribution < -0.4 is 0 Å². The molecule has 2 unspecified atom stereocenters. The molecule has 0 amide bonds. The van der Waals surface area contributed by atoms with Crippen LogP contribution in [0.5, 0.6) is 0 Å². The molecule has 0 spiro atoms. The van der Waals surface area contributed by atoms with E-state index >= 15 is 0 Å². The normalized spacial score (nSPS) is 14.9. The monoisotopic (exact) mass is 167 g/mol. The molecule has 0 rings (SSSR count). The van der Waals surface area contributed by atoms with Gasteiger partial charge in [0.15, 0.2) is 0 Å². The van der Waals surface area contributed by atoms with Gasteiger partial charge >= 0.3 is 8.25 Å². The van der Waals surface area contributed by atoms with Gasteiger partial charge in [-0.1, -0.05) is 17.9 Å². The van der Waals surface area contributed by atoms with Crippen LogP contribution >= 0.6 is 8.25 Å². The van der Waals surface area contributed by atoms with Crippen molar-refractivity contribution >= 4 is 8.25 Å². The van der Waals surface area contributed by atoms with E-state index in [0.29, 0.717) is 6.42 Å². The van der Waals surface area contributed by atoms with Crippen LogP contribution in [0, 0.1) is 0 Å². The number of hydrogen-bond donors (Lipinski definition) is 2. The van der Waals surface area contributed by atoms with Gasteiger partial charge in [-0.3, -0.25) is 0 Å². The first-order valence-electron chi connectivity index (χ1n) is 3.17. The Morgan fingerprint density at radius 1 is 1.70 bits per heavy atom. The van der Waals surface area contributed by atoms with E-state index in [0.717, 1.165) is 12.8 Å². The zero-order valence-electron chi connectivity index (χ0n) is 5.86. The third-order valence-corrected chi connectivity index (χ3v) is 1.44. The van der Waals surface area contributed by atoms with E-state index in [1.165, 1.54) is 0 Å². The lowest BCUT2D eigenvalue weighted by Crippen LogP contribution is -2.06. The maximum absolute atomic E-state index is 9.94. The lowest BCUT2D eigenvalue weighted by atomic mass is 10.2. The van der Waals surface area contributed by atoms with E-state index in [9.17, 15) is 4.57 Å². The van der Waals surface area contributed by atoms with Crippen molar-refractivity contribution in [3.63, 3.8) is 0 Å². The molecular formula is C5H12O4P+. The molecule has 0 aromatic carbocycles. The van der Waals surface area contributed by atoms with E-state index < -0.39 is 14.5 Å². The maximum Gasteiger partial charge on any atom is 0.697 e. The highest BCUT2D eigenvalue weighted by Gasteiger charge is 2.19. The van der Waals surface area contributed by atoms with Crippen molar-refractivity contribution in [3.05, 3.63) is 0 Å². The fraction of sp³-hybridized carbons (Fsp3) is 1.00. The van der Waals surface area contributed by atoms with Gasteiger partial charge in [0.05, 0.1) is 0 Å². The van der Waals surface area contributed by atoms with E-state index in [-0.39, 0.29) is 0 Å². The summed E-state index contributed by atoms with van der Waals surface area (Å²) in [6.07, 6.45) is 1.05. The zero-order chi connectivity index (χ0) is 7.98. The van der Waals surface area contributed by atoms with Gasteiger partial charge < -0.3 is 5.11 Å². The van der Waals surface area contributed by atoms with Gasteiger partial charge in [-0.2, -0.15) is 0 Å². The summed E-state index contributed by atoms with van der Waals surface area (Å²) in [5.41, 5.74) is 0. The van der Waals surface area contributed by atoms with Gasteiger partial charge in [0, 0.05) is 11.0 Å². The van der Waals surface area contributed by atoms with E-state index in [2.05, 4.69) is 4.52 Å². The average Bonchev–Trinajstić information content (AvgIpc) is 1.82. The number of aliphatic hydroxyl groups excluding tert-OH is 1. The van der Waals surface area contributed by atoms with Crippen molar-refractivity contribution in [2.24, 2.45) is 0 Å². The summed E-state index contributed by atoms with van der Waals surface area (Å²) in [6, 6.07) is 0. The molecule has 0 heterocycles. The quantitative estimate of drug-likeness (QED) is 0.476. The van der Waals surface area contributed by atoms with Gasteiger partial charge in [0.1, 0.15) is 0 Å². The molecule has 0 aliphatic rings. The van der Waals surface area contributed by atoms with Crippen LogP contribution in [0.3, 0.4) is 0 Å². The third-order valence-electron chi connectivity index (χ3n) is 1.02. The summed E-state index contributed by atoms with van der Waals surface area (Å²) in [5.74, 6) is 0. The van der Waals surface area contributed by atoms with E-state index in [4.69, 9.17) is 10.00 Å². The van der Waals surface area contributed by atoms with Crippen molar-refractivity contribution in [3.8, 4) is 0 Å². The Morgan fingerprint density at radius 2 is 2.30 bits per heavy atom. The molecule has 0 bridgehead atoms. The third kappa shape index (κ3) is 6.11. The van der Waals surface area contributed by atoms with Gasteiger partial charge in [0.25, 0.3) is 0 Å². The molecule has 2 atom stereocenters. The van der Waals surface area contributed by atoms with Gasteiger partial charge in [0.2, 0.25) is 6.29 Å². The molecule has 2 N–H and O–H groups in total. The van der Waals surface area contributed by atoms with Crippen LogP contribution in [-0.2, 0) is 9.09 Å². The second-order valence-corrected chi connectivity index (χ2v) is 2.63. The topological polar surface area (TPSA) is 66.8 Å². The molecule has 0 aliphatic carbocycles. The molecule has 0 aromatic rings. The molecule has 4 nitrogen and oxygen atoms in total. The largest absolute Gasteiger partial charge is 0.697 e. The first-order valence-corrected chi connectivity index (χ1v) is 4.30. The van der Waals surface area contributed by atoms with Crippen LogP contribution in [0.4, 0.5) is 0 Å². The molecule has 60 valence electrons. The second kappa shape index (κ2) is 5.74. The average molecular weight is 167 g/mol. The number of rotatable bonds is 5. The summed E-state index contributed by atoms with van der Waals surface area (Å²) in [7, 11) is -2.66. The van der Waals surface area contributed by atoms with Crippen LogP contribution in [0.15, 0.2) is 0 Å². The van der Waals surface area contributed by atoms with Crippen LogP contribution in [0.25, 0.3) is 0 Å². The van der Waals surface area contributed by atoms with Crippen LogP contribution in [0.1, 0.15) is 26.2 Å². The summed E-state index contributed by atoms with van der Waals surface area (Å²) >= 11 is 0. The Morgan fingerprint density at radius 3 is 2.70 bits per heavy atom. The summed E-state index contributed by atoms with van der Waals surface area (Å²) in [4.78, 5) is 8.15. The molecular weight excluding hydrogens is 155 g/mol. The Balaban J connectivity index is 3.25. The molecule has 0 aromatic heterocycles. The number of hydrogen-bond acceptors (Lipinski definition) is 3. The van der Waals surface area contributed by atoms with Gasteiger partial charge in [-0.15, -0.1) is 4.89 Å². The number of aliphatic hydroxyl groups is 1. The molecule has 0 saturated carbocycles. The Hall–Kier alpha value is -0.0200. The smallest absolute Gasteiger partial charge is 0.364 e. The van der Waals surface area contributed by atoms with Crippen molar-refractivity contribution in [1.29, 1.82) is 0 Å². The van der Waals surface area contributed by atoms with E-state index in [1.54, 1.807) is 0 Å². The van der Waals surface area contributed by atoms with Crippen molar-refractivity contribution in [1.82, 2.24) is 0 Å². The minimum Gasteiger partial charge on any atom is -0.364 e. The lowest BCUT2D eigenvalue weighted by molar-refractivity contribution is -0.0254. The maximum atomic E-state index is 9.94. The molecule has 10 heavy (non-hydrogen) atoms. The SMILES string of the molecule is CCCCC(O)O[P+](=O)O. The highest BCUT2D eigenvalue weighted by molar-refractivity contribution is 7.32. The highest BCUT2D eigenvalue weighted by Crippen LogP contribution is 2.19. The minimum absolute atomic E-state index is 0.415. The standard InChI is InChI=1S/C5H11O4P/c1-2-3-4-5(6)9-10(7)8/h5-6H,2-4H2,1H3/p+1. The molecule has 0 radical (unpaired) electrons. The predicted octanol–water partition coefficient (Wildman–Crippen LogP) is 1.16. The van der Waals surface area contributed by atoms with E-state index in [1.807, 2.05) is 6.92 Å². The first kappa shape index (κ1) is 9.98. The lowest BCUT2D eigenvalue weighted by Gasteiger charge is -1.98.